The Morgan fingerprint density at radius 1 is 0.437 bits per heavy atom. The zero-order valence-electron chi connectivity index (χ0n) is 84.8. The molecule has 0 radical (unpaired) electrons. The third-order valence-corrected chi connectivity index (χ3v) is 31.3. The SMILES string of the molecule is CC(=O)Nc1sc2c(c1-c1nc3cnccc3s1)CCN(C(=O)OC(C)(C)C)C2.CC(C)(C)OC(=O)N1CCc2c(sc(N)c2-c2nc3cnccc3s2)C1.CCC(C)N(CCC(=O)Nc1sc2c(c1-c1nc3cnccc3s1)CCN(C(=O)OC(C)(C)C)C2)C(=O)OC(C)(C)C.CCC(C)N(CCC(=O)O)C(=O)OC(C)(C)C.CCC(C)NCCC(=O)Nc1sc2c(c1-c1nc3cnccc3s1)CCNC2. The molecule has 16 heterocycles. The molecule has 0 saturated carbocycles. The lowest BCUT2D eigenvalue weighted by Gasteiger charge is -2.31. The molecule has 0 spiro atoms. The van der Waals surface area contributed by atoms with E-state index in [1.807, 2.05) is 135 Å². The van der Waals surface area contributed by atoms with Gasteiger partial charge in [0.2, 0.25) is 17.7 Å². The lowest BCUT2D eigenvalue weighted by Crippen LogP contribution is -2.43. The first kappa shape index (κ1) is 110. The maximum atomic E-state index is 13.3. The highest BCUT2D eigenvalue weighted by Gasteiger charge is 2.38. The van der Waals surface area contributed by atoms with Crippen molar-refractivity contribution in [3.8, 4) is 42.3 Å². The summed E-state index contributed by atoms with van der Waals surface area (Å²) in [5, 5.41) is 31.4. The summed E-state index contributed by atoms with van der Waals surface area (Å²) in [6, 6.07) is 8.16. The van der Waals surface area contributed by atoms with Gasteiger partial charge in [0.1, 0.15) is 85.1 Å². The van der Waals surface area contributed by atoms with Crippen LogP contribution < -0.4 is 32.3 Å². The lowest BCUT2D eigenvalue weighted by molar-refractivity contribution is -0.137. The minimum absolute atomic E-state index is 0.0239. The lowest BCUT2D eigenvalue weighted by atomic mass is 10.0. The number of rotatable bonds is 22. The predicted molar refractivity (Wildman–Crippen MR) is 570 cm³/mol. The average molecular weight is 2100 g/mol. The van der Waals surface area contributed by atoms with Gasteiger partial charge in [0.05, 0.1) is 74.6 Å². The van der Waals surface area contributed by atoms with Crippen molar-refractivity contribution in [3.63, 3.8) is 0 Å². The molecule has 0 aromatic carbocycles. The molecule has 4 aliphatic heterocycles. The van der Waals surface area contributed by atoms with E-state index in [2.05, 4.69) is 60.4 Å². The molecule has 3 unspecified atom stereocenters. The van der Waals surface area contributed by atoms with Crippen molar-refractivity contribution < 1.29 is 71.9 Å². The highest BCUT2D eigenvalue weighted by Crippen LogP contribution is 2.51. The Morgan fingerprint density at radius 3 is 1.11 bits per heavy atom. The van der Waals surface area contributed by atoms with Gasteiger partial charge >= 0.3 is 36.4 Å². The van der Waals surface area contributed by atoms with Gasteiger partial charge in [0, 0.05) is 150 Å². The van der Waals surface area contributed by atoms with Crippen molar-refractivity contribution in [2.45, 2.75) is 289 Å². The topological polar surface area (TPSA) is 425 Å². The summed E-state index contributed by atoms with van der Waals surface area (Å²) < 4.78 is 31.8. The van der Waals surface area contributed by atoms with Gasteiger partial charge in [-0.3, -0.25) is 39.1 Å². The zero-order valence-corrected chi connectivity index (χ0v) is 91.4. The largest absolute Gasteiger partial charge is 0.481 e. The number of carbonyl (C=O) groups is 9. The molecule has 34 nitrogen and oxygen atoms in total. The summed E-state index contributed by atoms with van der Waals surface area (Å²) in [7, 11) is 0. The van der Waals surface area contributed by atoms with Gasteiger partial charge in [0.15, 0.2) is 0 Å². The van der Waals surface area contributed by atoms with Crippen molar-refractivity contribution in [2.24, 2.45) is 0 Å². The molecule has 3 atom stereocenters. The number of nitrogens with two attached hydrogens (primary N) is 1. The molecule has 4 aliphatic rings. The van der Waals surface area contributed by atoms with Crippen LogP contribution in [0.15, 0.2) is 73.8 Å². The number of nitrogens with one attached hydrogen (secondary N) is 5. The van der Waals surface area contributed by atoms with Crippen molar-refractivity contribution in [2.75, 3.05) is 67.5 Å². The molecule has 8 amide bonds. The highest BCUT2D eigenvalue weighted by atomic mass is 32.1. The number of carbonyl (C=O) groups excluding carboxylic acids is 8. The van der Waals surface area contributed by atoms with Gasteiger partial charge in [-0.15, -0.1) is 90.7 Å². The molecule has 0 bridgehead atoms. The minimum Gasteiger partial charge on any atom is -0.481 e. The first-order valence-corrected chi connectivity index (χ1v) is 54.2. The smallest absolute Gasteiger partial charge is 0.410 e. The number of fused-ring (bicyclic) bond motifs is 8. The van der Waals surface area contributed by atoms with Gasteiger partial charge in [-0.05, 0) is 223 Å². The van der Waals surface area contributed by atoms with E-state index in [4.69, 9.17) is 54.5 Å². The first-order valence-electron chi connectivity index (χ1n) is 47.6. The fraction of sp³-hybridized carbons (Fsp3) is 0.510. The van der Waals surface area contributed by atoms with Gasteiger partial charge in [0.25, 0.3) is 0 Å². The Hall–Kier alpha value is -11.1. The van der Waals surface area contributed by atoms with Gasteiger partial charge in [-0.1, -0.05) is 20.8 Å². The maximum absolute atomic E-state index is 13.3. The van der Waals surface area contributed by atoms with Crippen LogP contribution in [-0.2, 0) is 94.7 Å². The highest BCUT2D eigenvalue weighted by molar-refractivity contribution is 7.25. The molecule has 0 saturated heterocycles. The predicted octanol–water partition coefficient (Wildman–Crippen LogP) is 22.3. The van der Waals surface area contributed by atoms with Crippen LogP contribution in [0.3, 0.4) is 0 Å². The number of anilines is 4. The molecule has 764 valence electrons. The Morgan fingerprint density at radius 2 is 0.768 bits per heavy atom. The monoisotopic (exact) mass is 2090 g/mol. The average Bonchev–Trinajstić information content (AvgIpc) is 1.62. The number of ether oxygens (including phenoxy) is 5. The molecular formula is C100H131N19O15S8. The van der Waals surface area contributed by atoms with Crippen molar-refractivity contribution in [3.05, 3.63) is 116 Å². The normalized spacial score (nSPS) is 14.2. The van der Waals surface area contributed by atoms with E-state index < -0.39 is 46.2 Å². The van der Waals surface area contributed by atoms with Crippen molar-refractivity contribution >= 4 is 206 Å². The third-order valence-electron chi connectivity index (χ3n) is 22.6. The second-order valence-electron chi connectivity index (χ2n) is 39.7. The van der Waals surface area contributed by atoms with Gasteiger partial charge < -0.3 is 85.6 Å². The Balaban J connectivity index is 0.000000163. The molecule has 8 N–H and O–H groups in total. The molecule has 42 heteroatoms. The number of hydrogen-bond donors (Lipinski definition) is 7. The van der Waals surface area contributed by atoms with Crippen LogP contribution in [0.2, 0.25) is 0 Å². The molecular weight excluding hydrogens is 1960 g/mol. The second kappa shape index (κ2) is 47.6. The molecule has 16 rings (SSSR count). The van der Waals surface area contributed by atoms with Crippen molar-refractivity contribution in [1.29, 1.82) is 0 Å². The first-order chi connectivity index (χ1) is 67.0. The minimum atomic E-state index is -0.915. The van der Waals surface area contributed by atoms with Gasteiger partial charge in [-0.2, -0.15) is 0 Å². The maximum Gasteiger partial charge on any atom is 0.410 e. The number of carboxylic acid groups (broad SMARTS) is 1. The summed E-state index contributed by atoms with van der Waals surface area (Å²) in [4.78, 5) is 159. The third kappa shape index (κ3) is 29.8. The van der Waals surface area contributed by atoms with Crippen molar-refractivity contribution in [1.82, 2.24) is 75.0 Å². The fourth-order valence-electron chi connectivity index (χ4n) is 15.4. The number of nitrogen functional groups attached to an aromatic ring is 1. The summed E-state index contributed by atoms with van der Waals surface area (Å²) in [6.07, 6.45) is 18.4. The summed E-state index contributed by atoms with van der Waals surface area (Å²) in [6.45, 7) is 47.2. The quantitative estimate of drug-likeness (QED) is 0.0310. The summed E-state index contributed by atoms with van der Waals surface area (Å²) >= 11 is 12.6. The van der Waals surface area contributed by atoms with E-state index in [-0.39, 0.29) is 74.0 Å². The fourth-order valence-corrected chi connectivity index (χ4v) is 24.6. The number of aliphatic carboxylic acids is 1. The van der Waals surface area contributed by atoms with E-state index in [1.165, 1.54) is 50.5 Å². The summed E-state index contributed by atoms with van der Waals surface area (Å²) in [5.74, 6) is -1.21. The number of nitrogens with zero attached hydrogens (tertiary/aromatic N) is 13. The van der Waals surface area contributed by atoms with Crippen LogP contribution in [0.5, 0.6) is 0 Å². The van der Waals surface area contributed by atoms with Crippen LogP contribution in [0.25, 0.3) is 83.2 Å². The van der Waals surface area contributed by atoms with E-state index in [0.717, 1.165) is 169 Å². The number of amides is 8. The molecule has 142 heavy (non-hydrogen) atoms. The van der Waals surface area contributed by atoms with Crippen LogP contribution in [-0.4, -0.2) is 216 Å². The Kier molecular flexibility index (Phi) is 36.8. The second-order valence-corrected chi connectivity index (χ2v) is 48.3. The number of pyridine rings is 4. The number of hydrogen-bond acceptors (Lipinski definition) is 33. The van der Waals surface area contributed by atoms with E-state index in [1.54, 1.807) is 158 Å². The van der Waals surface area contributed by atoms with E-state index in [9.17, 15) is 43.2 Å². The van der Waals surface area contributed by atoms with Crippen LogP contribution in [0.4, 0.5) is 44.0 Å². The van der Waals surface area contributed by atoms with Gasteiger partial charge in [-0.25, -0.2) is 43.9 Å². The van der Waals surface area contributed by atoms with Crippen LogP contribution in [0, 0.1) is 0 Å². The zero-order chi connectivity index (χ0) is 103. The summed E-state index contributed by atoms with van der Waals surface area (Å²) in [5.41, 5.74) is 15.7. The molecule has 0 aliphatic carbocycles. The Labute approximate surface area is 860 Å². The van der Waals surface area contributed by atoms with Crippen LogP contribution >= 0.6 is 90.7 Å². The number of aromatic nitrogens is 8. The van der Waals surface area contributed by atoms with E-state index >= 15 is 0 Å². The van der Waals surface area contributed by atoms with E-state index in [0.29, 0.717) is 76.1 Å². The standard InChI is InChI=1S/C30H41N5O5S2.C20H25N5OS2.C20H22N4O3S2.C18H20N4O2S2.C12H23NO4/c1-9-18(2)35(28(38)40-30(6,7)8)15-12-23(36)33-26-24(25-32-20-16-31-13-10-21(20)41-25)19-11-14-34(17-22(19)42-26)27(37)39-29(3,4)5;1-3-12(2)23-9-6-17(26)25-20-18(13-4-7-22-11-16(13)28-20)19-24-14-10-21-8-5-15(14)27-19;1-11(25)22-17-16(18-23-13-9-21-7-5-14(13)28-18)12-6-8-24(10-15(12)29-17)19(26)27-20(2,3)4;1-18(2,3)24-17(23)22-7-5-10-13(9-22)25-15(19)14(10)16-21-11-8-20-6-4-12(11)26-16;1-6-9(2)13(8-7-10(14)15)11(16)17-12(3,4)5/h10,13,16,18H,9,11-12,14-15,17H2,1-8H3,(H,33,36);5,8,10,12,22-23H,3-4,6-7,9,11H2,1-2H3,(H,25,26);5,7,9H,6,8,10H2,1-4H3,(H,22,25);4,6,8H,5,7,9,19H2,1-3H3;9H,6-8H2,1-5H3,(H,14,15). The molecule has 12 aromatic heterocycles. The number of carboxylic acids is 1. The van der Waals surface area contributed by atoms with Crippen LogP contribution in [0.1, 0.15) is 233 Å². The number of thiophene rings is 4. The molecule has 0 fully saturated rings. The Bertz CT molecular complexity index is 6360. The molecule has 12 aromatic rings. The number of thiazole rings is 4.